The normalized spacial score (nSPS) is 15.1. The minimum Gasteiger partial charge on any atom is -0.495 e. The van der Waals surface area contributed by atoms with E-state index in [9.17, 15) is 12.8 Å². The van der Waals surface area contributed by atoms with Crippen molar-refractivity contribution in [3.05, 3.63) is 58.5 Å². The van der Waals surface area contributed by atoms with Crippen molar-refractivity contribution >= 4 is 20.9 Å². The Labute approximate surface area is 157 Å². The topological polar surface area (TPSA) is 62.4 Å². The summed E-state index contributed by atoms with van der Waals surface area (Å²) in [6.45, 7) is 4.42. The minimum atomic E-state index is -3.72. The van der Waals surface area contributed by atoms with E-state index in [4.69, 9.17) is 4.74 Å². The maximum atomic E-state index is 13.5. The van der Waals surface area contributed by atoms with Crippen LogP contribution in [0.15, 0.2) is 35.2 Å². The number of aromatic nitrogens is 1. The molecule has 2 heterocycles. The number of aromatic amines is 1. The fraction of sp³-hybridized carbons (Fsp3) is 0.300. The lowest BCUT2D eigenvalue weighted by atomic mass is 10.1. The Morgan fingerprint density at radius 1 is 1.15 bits per heavy atom. The number of H-pyrrole nitrogens is 1. The predicted octanol–water partition coefficient (Wildman–Crippen LogP) is 3.68. The van der Waals surface area contributed by atoms with Crippen LogP contribution in [0, 0.1) is 19.7 Å². The molecule has 0 aliphatic carbocycles. The number of hydrogen-bond donors (Lipinski definition) is 1. The fourth-order valence-electron chi connectivity index (χ4n) is 3.64. The van der Waals surface area contributed by atoms with Gasteiger partial charge in [-0.05, 0) is 60.9 Å². The van der Waals surface area contributed by atoms with Crippen molar-refractivity contribution in [2.75, 3.05) is 13.7 Å². The molecule has 0 unspecified atom stereocenters. The van der Waals surface area contributed by atoms with Gasteiger partial charge in [0.1, 0.15) is 16.5 Å². The third kappa shape index (κ3) is 2.91. The molecule has 2 aromatic carbocycles. The molecule has 0 spiro atoms. The molecule has 1 aliphatic rings. The Kier molecular flexibility index (Phi) is 4.24. The van der Waals surface area contributed by atoms with E-state index in [-0.39, 0.29) is 17.3 Å². The molecule has 1 aliphatic heterocycles. The second kappa shape index (κ2) is 6.35. The zero-order valence-corrected chi connectivity index (χ0v) is 16.3. The van der Waals surface area contributed by atoms with E-state index < -0.39 is 10.0 Å². The molecule has 0 bridgehead atoms. The number of ether oxygens (including phenoxy) is 1. The van der Waals surface area contributed by atoms with E-state index in [1.807, 2.05) is 13.8 Å². The molecule has 0 fully saturated rings. The summed E-state index contributed by atoms with van der Waals surface area (Å²) in [6, 6.07) is 7.97. The molecule has 1 aromatic heterocycles. The second-order valence-corrected chi connectivity index (χ2v) is 8.85. The Morgan fingerprint density at radius 3 is 2.63 bits per heavy atom. The lowest BCUT2D eigenvalue weighted by Gasteiger charge is -2.27. The highest BCUT2D eigenvalue weighted by atomic mass is 32.2. The standard InChI is InChI=1S/C20H21FN2O3S/c1-12-8-19(26-3)20(9-13(12)2)27(24,25)23-7-6-17-16(11-23)15-5-4-14(21)10-18(15)22-17/h4-5,8-10,22H,6-7,11H2,1-3H3. The van der Waals surface area contributed by atoms with Gasteiger partial charge in [-0.15, -0.1) is 0 Å². The molecule has 0 radical (unpaired) electrons. The van der Waals surface area contributed by atoms with Crippen LogP contribution in [0.1, 0.15) is 22.4 Å². The number of sulfonamides is 1. The summed E-state index contributed by atoms with van der Waals surface area (Å²) < 4.78 is 47.0. The second-order valence-electron chi connectivity index (χ2n) is 6.95. The smallest absolute Gasteiger partial charge is 0.247 e. The van der Waals surface area contributed by atoms with Crippen molar-refractivity contribution in [3.8, 4) is 5.75 Å². The average molecular weight is 388 g/mol. The van der Waals surface area contributed by atoms with E-state index in [1.54, 1.807) is 18.2 Å². The van der Waals surface area contributed by atoms with E-state index in [0.29, 0.717) is 24.2 Å². The Balaban J connectivity index is 1.77. The molecule has 0 atom stereocenters. The van der Waals surface area contributed by atoms with Gasteiger partial charge in [-0.2, -0.15) is 4.31 Å². The van der Waals surface area contributed by atoms with E-state index in [1.165, 1.54) is 23.5 Å². The first kappa shape index (κ1) is 18.0. The van der Waals surface area contributed by atoms with Crippen LogP contribution < -0.4 is 4.74 Å². The lowest BCUT2D eigenvalue weighted by Crippen LogP contribution is -2.36. The highest BCUT2D eigenvalue weighted by Crippen LogP contribution is 2.34. The summed E-state index contributed by atoms with van der Waals surface area (Å²) in [5.74, 6) is 0.0373. The molecule has 0 saturated heterocycles. The van der Waals surface area contributed by atoms with Gasteiger partial charge in [-0.3, -0.25) is 0 Å². The van der Waals surface area contributed by atoms with E-state index >= 15 is 0 Å². The van der Waals surface area contributed by atoms with Gasteiger partial charge in [0.15, 0.2) is 0 Å². The first-order valence-corrected chi connectivity index (χ1v) is 10.2. The maximum Gasteiger partial charge on any atom is 0.247 e. The van der Waals surface area contributed by atoms with E-state index in [0.717, 1.165) is 27.8 Å². The Morgan fingerprint density at radius 2 is 1.89 bits per heavy atom. The number of fused-ring (bicyclic) bond motifs is 3. The molecule has 27 heavy (non-hydrogen) atoms. The Hall–Kier alpha value is -2.38. The molecule has 0 amide bonds. The third-order valence-corrected chi connectivity index (χ3v) is 7.17. The van der Waals surface area contributed by atoms with Gasteiger partial charge in [-0.1, -0.05) is 0 Å². The summed E-state index contributed by atoms with van der Waals surface area (Å²) >= 11 is 0. The van der Waals surface area contributed by atoms with Gasteiger partial charge in [0, 0.05) is 36.1 Å². The van der Waals surface area contributed by atoms with Gasteiger partial charge in [-0.25, -0.2) is 12.8 Å². The van der Waals surface area contributed by atoms with Gasteiger partial charge < -0.3 is 9.72 Å². The number of hydrogen-bond acceptors (Lipinski definition) is 3. The van der Waals surface area contributed by atoms with Crippen LogP contribution in [0.4, 0.5) is 4.39 Å². The molecule has 4 rings (SSSR count). The first-order chi connectivity index (χ1) is 12.8. The number of aryl methyl sites for hydroxylation is 2. The zero-order chi connectivity index (χ0) is 19.3. The van der Waals surface area contributed by atoms with Crippen molar-refractivity contribution in [1.29, 1.82) is 0 Å². The summed E-state index contributed by atoms with van der Waals surface area (Å²) in [5, 5.41) is 0.860. The van der Waals surface area contributed by atoms with Gasteiger partial charge in [0.05, 0.1) is 7.11 Å². The fourth-order valence-corrected chi connectivity index (χ4v) is 5.27. The van der Waals surface area contributed by atoms with E-state index in [2.05, 4.69) is 4.98 Å². The average Bonchev–Trinajstić information content (AvgIpc) is 2.99. The molecule has 7 heteroatoms. The van der Waals surface area contributed by atoms with Crippen molar-refractivity contribution in [2.24, 2.45) is 0 Å². The van der Waals surface area contributed by atoms with Crippen LogP contribution in [0.3, 0.4) is 0 Å². The summed E-state index contributed by atoms with van der Waals surface area (Å²) in [5.41, 5.74) is 4.44. The van der Waals surface area contributed by atoms with Crippen molar-refractivity contribution in [3.63, 3.8) is 0 Å². The number of nitrogens with zero attached hydrogens (tertiary/aromatic N) is 1. The predicted molar refractivity (Wildman–Crippen MR) is 102 cm³/mol. The number of methoxy groups -OCH3 is 1. The molecule has 1 N–H and O–H groups in total. The highest BCUT2D eigenvalue weighted by molar-refractivity contribution is 7.89. The summed E-state index contributed by atoms with van der Waals surface area (Å²) in [7, 11) is -2.24. The van der Waals surface area contributed by atoms with Gasteiger partial charge in [0.25, 0.3) is 0 Å². The molecule has 5 nitrogen and oxygen atoms in total. The highest BCUT2D eigenvalue weighted by Gasteiger charge is 2.32. The minimum absolute atomic E-state index is 0.183. The van der Waals surface area contributed by atoms with Gasteiger partial charge in [0.2, 0.25) is 10.0 Å². The molecule has 3 aromatic rings. The van der Waals surface area contributed by atoms with Crippen LogP contribution in [-0.4, -0.2) is 31.4 Å². The third-order valence-electron chi connectivity index (χ3n) is 5.30. The monoisotopic (exact) mass is 388 g/mol. The number of nitrogens with one attached hydrogen (secondary N) is 1. The zero-order valence-electron chi connectivity index (χ0n) is 15.5. The maximum absolute atomic E-state index is 13.5. The van der Waals surface area contributed by atoms with Gasteiger partial charge >= 0.3 is 0 Å². The van der Waals surface area contributed by atoms with Crippen molar-refractivity contribution in [2.45, 2.75) is 31.7 Å². The first-order valence-electron chi connectivity index (χ1n) is 8.75. The van der Waals surface area contributed by atoms with Crippen molar-refractivity contribution < 1.29 is 17.5 Å². The van der Waals surface area contributed by atoms with Crippen LogP contribution in [0.2, 0.25) is 0 Å². The SMILES string of the molecule is COc1cc(C)c(C)cc1S(=O)(=O)N1CCc2[nH]c3cc(F)ccc3c2C1. The number of rotatable bonds is 3. The van der Waals surface area contributed by atoms with Crippen LogP contribution in [-0.2, 0) is 23.0 Å². The number of benzene rings is 2. The van der Waals surface area contributed by atoms with Crippen LogP contribution in [0.25, 0.3) is 10.9 Å². The van der Waals surface area contributed by atoms with Crippen molar-refractivity contribution in [1.82, 2.24) is 9.29 Å². The Bertz CT molecular complexity index is 1150. The van der Waals surface area contributed by atoms with Crippen LogP contribution in [0.5, 0.6) is 5.75 Å². The molecule has 0 saturated carbocycles. The lowest BCUT2D eigenvalue weighted by molar-refractivity contribution is 0.377. The quantitative estimate of drug-likeness (QED) is 0.745. The molecule has 142 valence electrons. The summed E-state index contributed by atoms with van der Waals surface area (Å²) in [6.07, 6.45) is 0.554. The summed E-state index contributed by atoms with van der Waals surface area (Å²) in [4.78, 5) is 3.40. The molecular weight excluding hydrogens is 367 g/mol. The number of halogens is 1. The van der Waals surface area contributed by atoms with Crippen LogP contribution >= 0.6 is 0 Å². The largest absolute Gasteiger partial charge is 0.495 e. The molecular formula is C20H21FN2O3S.